The monoisotopic (exact) mass is 492 g/mol. The Hall–Kier alpha value is -3.31. The number of para-hydroxylation sites is 1. The van der Waals surface area contributed by atoms with Gasteiger partial charge in [0.25, 0.3) is 5.91 Å². The van der Waals surface area contributed by atoms with Crippen molar-refractivity contribution in [3.8, 4) is 5.75 Å². The Bertz CT molecular complexity index is 1140. The summed E-state index contributed by atoms with van der Waals surface area (Å²) in [5.41, 5.74) is 2.59. The lowest BCUT2D eigenvalue weighted by atomic mass is 9.86. The number of hydrogen-bond donors (Lipinski definition) is 1. The Labute approximate surface area is 213 Å². The predicted molar refractivity (Wildman–Crippen MR) is 141 cm³/mol. The summed E-state index contributed by atoms with van der Waals surface area (Å²) in [4.78, 5) is 28.2. The third-order valence-electron chi connectivity index (χ3n) is 5.86. The molecule has 1 atom stereocenters. The molecule has 0 aliphatic rings. The van der Waals surface area contributed by atoms with E-state index in [1.54, 1.807) is 18.0 Å². The quantitative estimate of drug-likeness (QED) is 0.435. The lowest BCUT2D eigenvalue weighted by Gasteiger charge is -2.31. The van der Waals surface area contributed by atoms with Crippen LogP contribution in [0, 0.1) is 0 Å². The van der Waals surface area contributed by atoms with Gasteiger partial charge in [-0.2, -0.15) is 0 Å². The number of carbonyl (C=O) groups is 2. The number of benzene rings is 3. The van der Waals surface area contributed by atoms with E-state index in [0.29, 0.717) is 17.2 Å². The predicted octanol–water partition coefficient (Wildman–Crippen LogP) is 5.40. The van der Waals surface area contributed by atoms with Gasteiger partial charge < -0.3 is 15.0 Å². The van der Waals surface area contributed by atoms with Crippen molar-refractivity contribution in [3.05, 3.63) is 101 Å². The molecular weight excluding hydrogens is 460 g/mol. The lowest BCUT2D eigenvalue weighted by molar-refractivity contribution is -0.142. The molecule has 0 aliphatic carbocycles. The van der Waals surface area contributed by atoms with E-state index in [1.807, 2.05) is 72.8 Å². The zero-order valence-electron chi connectivity index (χ0n) is 20.8. The third kappa shape index (κ3) is 7.09. The third-order valence-corrected chi connectivity index (χ3v) is 6.23. The molecule has 35 heavy (non-hydrogen) atoms. The van der Waals surface area contributed by atoms with Crippen LogP contribution in [-0.4, -0.2) is 36.4 Å². The summed E-state index contributed by atoms with van der Waals surface area (Å²) in [7, 11) is 1.58. The van der Waals surface area contributed by atoms with Crippen molar-refractivity contribution in [2.24, 2.45) is 0 Å². The molecule has 3 aromatic rings. The Morgan fingerprint density at radius 2 is 1.57 bits per heavy atom. The maximum Gasteiger partial charge on any atom is 0.261 e. The number of amides is 2. The van der Waals surface area contributed by atoms with Gasteiger partial charge in [-0.25, -0.2) is 0 Å². The molecule has 6 heteroatoms. The van der Waals surface area contributed by atoms with Crippen molar-refractivity contribution in [1.29, 1.82) is 0 Å². The second kappa shape index (κ2) is 11.9. The minimum atomic E-state index is -0.729. The van der Waals surface area contributed by atoms with E-state index in [1.165, 1.54) is 0 Å². The highest BCUT2D eigenvalue weighted by atomic mass is 35.5. The van der Waals surface area contributed by atoms with Crippen LogP contribution in [0.15, 0.2) is 78.9 Å². The molecule has 0 spiro atoms. The first-order valence-electron chi connectivity index (χ1n) is 11.7. The van der Waals surface area contributed by atoms with Crippen LogP contribution < -0.4 is 10.1 Å². The number of halogens is 1. The highest BCUT2D eigenvalue weighted by Crippen LogP contribution is 2.31. The Balaban J connectivity index is 1.92. The molecule has 0 heterocycles. The first-order valence-corrected chi connectivity index (χ1v) is 12.1. The Morgan fingerprint density at radius 1 is 0.943 bits per heavy atom. The van der Waals surface area contributed by atoms with E-state index in [9.17, 15) is 9.59 Å². The average Bonchev–Trinajstić information content (AvgIpc) is 2.85. The second-order valence-corrected chi connectivity index (χ2v) is 9.87. The number of nitrogens with zero attached hydrogens (tertiary/aromatic N) is 1. The van der Waals surface area contributed by atoms with Gasteiger partial charge in [-0.1, -0.05) is 99.1 Å². The molecule has 0 saturated carbocycles. The number of nitrogens with one attached hydrogen (secondary N) is 1. The molecule has 0 aromatic heterocycles. The van der Waals surface area contributed by atoms with Crippen molar-refractivity contribution in [1.82, 2.24) is 10.2 Å². The zero-order valence-corrected chi connectivity index (χ0v) is 21.5. The summed E-state index contributed by atoms with van der Waals surface area (Å²) in [5, 5.41) is 3.26. The fourth-order valence-electron chi connectivity index (χ4n) is 3.97. The topological polar surface area (TPSA) is 58.6 Å². The fourth-order valence-corrected chi connectivity index (χ4v) is 4.16. The van der Waals surface area contributed by atoms with E-state index in [2.05, 4.69) is 26.1 Å². The van der Waals surface area contributed by atoms with E-state index in [0.717, 1.165) is 16.7 Å². The van der Waals surface area contributed by atoms with Crippen LogP contribution >= 0.6 is 11.6 Å². The molecule has 2 amide bonds. The van der Waals surface area contributed by atoms with Gasteiger partial charge >= 0.3 is 0 Å². The fraction of sp³-hybridized carbons (Fsp3) is 0.310. The van der Waals surface area contributed by atoms with Crippen molar-refractivity contribution >= 4 is 23.4 Å². The van der Waals surface area contributed by atoms with Crippen LogP contribution in [0.1, 0.15) is 37.5 Å². The summed E-state index contributed by atoms with van der Waals surface area (Å²) < 4.78 is 6.03. The molecule has 1 N–H and O–H groups in total. The standard InChI is InChI=1S/C29H33ClN2O3/c1-29(2,3)23-15-9-11-17-26(23)35-20-27(33)32(19-22-14-8-10-16-24(22)30)25(28(34)31-4)18-21-12-6-5-7-13-21/h5-17,25H,18-20H2,1-4H3,(H,31,34). The molecule has 3 rings (SSSR count). The van der Waals surface area contributed by atoms with Crippen LogP contribution in [0.5, 0.6) is 5.75 Å². The van der Waals surface area contributed by atoms with Crippen LogP contribution in [-0.2, 0) is 28.0 Å². The number of hydrogen-bond acceptors (Lipinski definition) is 3. The van der Waals surface area contributed by atoms with Gasteiger partial charge in [0.05, 0.1) is 0 Å². The first kappa shape index (κ1) is 26.3. The summed E-state index contributed by atoms with van der Waals surface area (Å²) >= 11 is 6.43. The first-order chi connectivity index (χ1) is 16.7. The normalized spacial score (nSPS) is 12.0. The van der Waals surface area contributed by atoms with Crippen molar-refractivity contribution in [2.45, 2.75) is 45.2 Å². The van der Waals surface area contributed by atoms with Gasteiger partial charge in [0.2, 0.25) is 5.91 Å². The number of rotatable bonds is 9. The Morgan fingerprint density at radius 3 is 2.23 bits per heavy atom. The van der Waals surface area contributed by atoms with Gasteiger partial charge in [-0.05, 0) is 34.2 Å². The maximum absolute atomic E-state index is 13.6. The highest BCUT2D eigenvalue weighted by molar-refractivity contribution is 6.31. The van der Waals surface area contributed by atoms with Crippen LogP contribution in [0.3, 0.4) is 0 Å². The molecular formula is C29H33ClN2O3. The van der Waals surface area contributed by atoms with Gasteiger partial charge in [0.1, 0.15) is 11.8 Å². The number of likely N-dealkylation sites (N-methyl/N-ethyl adjacent to an activating group) is 1. The second-order valence-electron chi connectivity index (χ2n) is 9.47. The molecule has 0 aliphatic heterocycles. The SMILES string of the molecule is CNC(=O)C(Cc1ccccc1)N(Cc1ccccc1Cl)C(=O)COc1ccccc1C(C)(C)C. The molecule has 184 valence electrons. The van der Waals surface area contributed by atoms with Crippen LogP contribution in [0.25, 0.3) is 0 Å². The number of ether oxygens (including phenoxy) is 1. The van der Waals surface area contributed by atoms with Crippen molar-refractivity contribution in [2.75, 3.05) is 13.7 Å². The molecule has 0 saturated heterocycles. The van der Waals surface area contributed by atoms with E-state index >= 15 is 0 Å². The summed E-state index contributed by atoms with van der Waals surface area (Å²) in [6.07, 6.45) is 0.370. The van der Waals surface area contributed by atoms with Crippen molar-refractivity contribution < 1.29 is 14.3 Å². The number of carbonyl (C=O) groups excluding carboxylic acids is 2. The minimum Gasteiger partial charge on any atom is -0.483 e. The summed E-state index contributed by atoms with van der Waals surface area (Å²) in [5.74, 6) is 0.119. The van der Waals surface area contributed by atoms with Gasteiger partial charge in [-0.3, -0.25) is 9.59 Å². The molecule has 0 radical (unpaired) electrons. The molecule has 0 fully saturated rings. The van der Waals surface area contributed by atoms with Crippen LogP contribution in [0.2, 0.25) is 5.02 Å². The molecule has 3 aromatic carbocycles. The largest absolute Gasteiger partial charge is 0.483 e. The zero-order chi connectivity index (χ0) is 25.4. The van der Waals surface area contributed by atoms with E-state index in [-0.39, 0.29) is 30.4 Å². The molecule has 1 unspecified atom stereocenters. The summed E-state index contributed by atoms with van der Waals surface area (Å²) in [6.45, 7) is 6.29. The van der Waals surface area contributed by atoms with Crippen LogP contribution in [0.4, 0.5) is 0 Å². The van der Waals surface area contributed by atoms with E-state index < -0.39 is 6.04 Å². The highest BCUT2D eigenvalue weighted by Gasteiger charge is 2.31. The molecule has 5 nitrogen and oxygen atoms in total. The Kier molecular flexibility index (Phi) is 8.94. The van der Waals surface area contributed by atoms with Crippen molar-refractivity contribution in [3.63, 3.8) is 0 Å². The lowest BCUT2D eigenvalue weighted by Crippen LogP contribution is -2.51. The van der Waals surface area contributed by atoms with Gasteiger partial charge in [0, 0.05) is 25.0 Å². The summed E-state index contributed by atoms with van der Waals surface area (Å²) in [6, 6.07) is 24.0. The van der Waals surface area contributed by atoms with Gasteiger partial charge in [0.15, 0.2) is 6.61 Å². The smallest absolute Gasteiger partial charge is 0.261 e. The average molecular weight is 493 g/mol. The van der Waals surface area contributed by atoms with Gasteiger partial charge in [-0.15, -0.1) is 0 Å². The maximum atomic E-state index is 13.6. The molecule has 0 bridgehead atoms. The minimum absolute atomic E-state index is 0.144. The van der Waals surface area contributed by atoms with E-state index in [4.69, 9.17) is 16.3 Å².